The van der Waals surface area contributed by atoms with Crippen molar-refractivity contribution in [3.8, 4) is 11.4 Å². The molecule has 0 atom stereocenters. The molecule has 0 aliphatic carbocycles. The minimum absolute atomic E-state index is 0.442. The molecule has 5 heteroatoms. The summed E-state index contributed by atoms with van der Waals surface area (Å²) in [5.41, 5.74) is 2.75. The Labute approximate surface area is 134 Å². The summed E-state index contributed by atoms with van der Waals surface area (Å²) in [5, 5.41) is 1.93. The van der Waals surface area contributed by atoms with Gasteiger partial charge in [-0.3, -0.25) is 0 Å². The third kappa shape index (κ3) is 2.53. The van der Waals surface area contributed by atoms with Gasteiger partial charge in [0.05, 0.1) is 5.52 Å². The van der Waals surface area contributed by atoms with E-state index in [4.69, 9.17) is 23.2 Å². The van der Waals surface area contributed by atoms with Crippen molar-refractivity contribution in [2.75, 3.05) is 0 Å². The molecule has 100 valence electrons. The molecule has 0 unspecified atom stereocenters. The third-order valence-corrected chi connectivity index (χ3v) is 4.07. The number of rotatable bonds is 1. The van der Waals surface area contributed by atoms with E-state index < -0.39 is 0 Å². The Balaban J connectivity index is 2.29. The van der Waals surface area contributed by atoms with Crippen LogP contribution in [0.2, 0.25) is 10.2 Å². The highest BCUT2D eigenvalue weighted by Crippen LogP contribution is 2.29. The second-order valence-corrected chi connectivity index (χ2v) is 6.17. The Bertz CT molecular complexity index is 818. The van der Waals surface area contributed by atoms with Crippen LogP contribution in [0, 0.1) is 6.92 Å². The first-order valence-corrected chi connectivity index (χ1v) is 7.49. The first kappa shape index (κ1) is 13.8. The fourth-order valence-corrected chi connectivity index (χ4v) is 2.78. The number of nitrogens with zero attached hydrogens (tertiary/aromatic N) is 2. The van der Waals surface area contributed by atoms with Crippen molar-refractivity contribution >= 4 is 50.0 Å². The number of hydrogen-bond donors (Lipinski definition) is 0. The van der Waals surface area contributed by atoms with Crippen LogP contribution in [-0.4, -0.2) is 9.97 Å². The van der Waals surface area contributed by atoms with Gasteiger partial charge >= 0.3 is 0 Å². The van der Waals surface area contributed by atoms with Gasteiger partial charge in [-0.15, -0.1) is 0 Å². The molecule has 0 spiro atoms. The van der Waals surface area contributed by atoms with Crippen LogP contribution in [-0.2, 0) is 0 Å². The number of halogens is 3. The number of aromatic nitrogens is 2. The molecule has 0 fully saturated rings. The summed E-state index contributed by atoms with van der Waals surface area (Å²) in [6, 6.07) is 11.4. The van der Waals surface area contributed by atoms with Gasteiger partial charge in [-0.1, -0.05) is 45.2 Å². The average Bonchev–Trinajstić information content (AvgIpc) is 2.41. The molecule has 0 N–H and O–H groups in total. The Kier molecular flexibility index (Phi) is 3.67. The van der Waals surface area contributed by atoms with Gasteiger partial charge in [-0.05, 0) is 42.8 Å². The highest BCUT2D eigenvalue weighted by Gasteiger charge is 2.10. The molecule has 0 saturated carbocycles. The van der Waals surface area contributed by atoms with Crippen LogP contribution in [0.5, 0.6) is 0 Å². The number of benzene rings is 2. The summed E-state index contributed by atoms with van der Waals surface area (Å²) in [5.74, 6) is 0.584. The molecule has 1 aromatic heterocycles. The van der Waals surface area contributed by atoms with Crippen molar-refractivity contribution < 1.29 is 0 Å². The molecule has 2 nitrogen and oxygen atoms in total. The highest BCUT2D eigenvalue weighted by molar-refractivity contribution is 9.10. The van der Waals surface area contributed by atoms with Crippen LogP contribution in [0.3, 0.4) is 0 Å². The first-order valence-electron chi connectivity index (χ1n) is 5.94. The van der Waals surface area contributed by atoms with Crippen LogP contribution in [0.25, 0.3) is 22.3 Å². The molecule has 0 aliphatic heterocycles. The van der Waals surface area contributed by atoms with E-state index in [2.05, 4.69) is 25.9 Å². The summed E-state index contributed by atoms with van der Waals surface area (Å²) >= 11 is 15.8. The van der Waals surface area contributed by atoms with Crippen LogP contribution >= 0.6 is 39.1 Å². The fourth-order valence-electron chi connectivity index (χ4n) is 2.02. The molecular formula is C15H9BrCl2N2. The SMILES string of the molecule is Cc1ccc(Cl)cc1-c1nc(Cl)c2ccc(Br)cc2n1. The average molecular weight is 368 g/mol. The molecule has 0 amide bonds. The minimum Gasteiger partial charge on any atom is -0.228 e. The molecule has 0 radical (unpaired) electrons. The van der Waals surface area contributed by atoms with Crippen molar-refractivity contribution in [2.45, 2.75) is 6.92 Å². The van der Waals surface area contributed by atoms with Crippen molar-refractivity contribution in [2.24, 2.45) is 0 Å². The van der Waals surface area contributed by atoms with Crippen molar-refractivity contribution in [3.63, 3.8) is 0 Å². The van der Waals surface area contributed by atoms with E-state index in [1.54, 1.807) is 0 Å². The molecule has 0 aliphatic rings. The van der Waals surface area contributed by atoms with Gasteiger partial charge in [0.25, 0.3) is 0 Å². The van der Waals surface area contributed by atoms with Gasteiger partial charge in [0, 0.05) is 20.4 Å². The van der Waals surface area contributed by atoms with Gasteiger partial charge in [0.15, 0.2) is 5.82 Å². The Morgan fingerprint density at radius 1 is 1.00 bits per heavy atom. The number of hydrogen-bond acceptors (Lipinski definition) is 2. The van der Waals surface area contributed by atoms with E-state index in [1.165, 1.54) is 0 Å². The quantitative estimate of drug-likeness (QED) is 0.517. The molecule has 3 rings (SSSR count). The van der Waals surface area contributed by atoms with Gasteiger partial charge in [-0.25, -0.2) is 9.97 Å². The van der Waals surface area contributed by atoms with Crippen molar-refractivity contribution in [3.05, 3.63) is 56.6 Å². The van der Waals surface area contributed by atoms with Crippen LogP contribution in [0.1, 0.15) is 5.56 Å². The molecular weight excluding hydrogens is 359 g/mol. The molecule has 20 heavy (non-hydrogen) atoms. The molecule has 0 saturated heterocycles. The van der Waals surface area contributed by atoms with Crippen LogP contribution in [0.4, 0.5) is 0 Å². The predicted octanol–water partition coefficient (Wildman–Crippen LogP) is 5.67. The number of aryl methyl sites for hydroxylation is 1. The lowest BCUT2D eigenvalue weighted by Crippen LogP contribution is -1.94. The van der Waals surface area contributed by atoms with Gasteiger partial charge in [-0.2, -0.15) is 0 Å². The summed E-state index contributed by atoms with van der Waals surface area (Å²) < 4.78 is 0.952. The predicted molar refractivity (Wildman–Crippen MR) is 87.4 cm³/mol. The Morgan fingerprint density at radius 3 is 2.60 bits per heavy atom. The third-order valence-electron chi connectivity index (χ3n) is 3.05. The molecule has 3 aromatic rings. The van der Waals surface area contributed by atoms with Crippen molar-refractivity contribution in [1.82, 2.24) is 9.97 Å². The normalized spacial score (nSPS) is 11.0. The largest absolute Gasteiger partial charge is 0.228 e. The lowest BCUT2D eigenvalue weighted by molar-refractivity contribution is 1.21. The van der Waals surface area contributed by atoms with Crippen LogP contribution < -0.4 is 0 Å². The zero-order valence-electron chi connectivity index (χ0n) is 10.5. The molecule has 0 bridgehead atoms. The minimum atomic E-state index is 0.442. The zero-order valence-corrected chi connectivity index (χ0v) is 13.6. The van der Waals surface area contributed by atoms with Gasteiger partial charge in [0.2, 0.25) is 0 Å². The zero-order chi connectivity index (χ0) is 14.3. The smallest absolute Gasteiger partial charge is 0.161 e. The summed E-state index contributed by atoms with van der Waals surface area (Å²) in [7, 11) is 0. The summed E-state index contributed by atoms with van der Waals surface area (Å²) in [4.78, 5) is 8.97. The highest BCUT2D eigenvalue weighted by atomic mass is 79.9. The van der Waals surface area contributed by atoms with Gasteiger partial charge in [0.1, 0.15) is 5.15 Å². The first-order chi connectivity index (χ1) is 9.54. The topological polar surface area (TPSA) is 25.8 Å². The lowest BCUT2D eigenvalue weighted by atomic mass is 10.1. The van der Waals surface area contributed by atoms with E-state index >= 15 is 0 Å². The second kappa shape index (κ2) is 5.32. The maximum atomic E-state index is 6.26. The lowest BCUT2D eigenvalue weighted by Gasteiger charge is -2.08. The fraction of sp³-hybridized carbons (Fsp3) is 0.0667. The van der Waals surface area contributed by atoms with Crippen LogP contribution in [0.15, 0.2) is 40.9 Å². The molecule has 2 aromatic carbocycles. The standard InChI is InChI=1S/C15H9BrCl2N2/c1-8-2-4-10(17)7-12(8)15-19-13-6-9(16)3-5-11(13)14(18)20-15/h2-7H,1H3. The maximum Gasteiger partial charge on any atom is 0.161 e. The van der Waals surface area contributed by atoms with E-state index in [9.17, 15) is 0 Å². The Hall–Kier alpha value is -1.16. The van der Waals surface area contributed by atoms with E-state index in [0.29, 0.717) is 16.0 Å². The molecule has 1 heterocycles. The van der Waals surface area contributed by atoms with E-state index in [-0.39, 0.29) is 0 Å². The summed E-state index contributed by atoms with van der Waals surface area (Å²) in [6.45, 7) is 1.99. The summed E-state index contributed by atoms with van der Waals surface area (Å²) in [6.07, 6.45) is 0. The van der Waals surface area contributed by atoms with Gasteiger partial charge < -0.3 is 0 Å². The second-order valence-electron chi connectivity index (χ2n) is 4.46. The van der Waals surface area contributed by atoms with E-state index in [0.717, 1.165) is 26.5 Å². The number of fused-ring (bicyclic) bond motifs is 1. The van der Waals surface area contributed by atoms with Crippen molar-refractivity contribution in [1.29, 1.82) is 0 Å². The van der Waals surface area contributed by atoms with E-state index in [1.807, 2.05) is 43.3 Å². The monoisotopic (exact) mass is 366 g/mol. The maximum absolute atomic E-state index is 6.26. The Morgan fingerprint density at radius 2 is 1.80 bits per heavy atom.